The summed E-state index contributed by atoms with van der Waals surface area (Å²) in [5.74, 6) is -0.171. The van der Waals surface area contributed by atoms with Crippen molar-refractivity contribution in [1.82, 2.24) is 9.39 Å². The van der Waals surface area contributed by atoms with Crippen molar-refractivity contribution in [2.45, 2.75) is 47.1 Å². The summed E-state index contributed by atoms with van der Waals surface area (Å²) in [7, 11) is 0. The summed E-state index contributed by atoms with van der Waals surface area (Å²) in [6.45, 7) is 6.95. The second-order valence-electron chi connectivity index (χ2n) is 4.70. The van der Waals surface area contributed by atoms with Crippen molar-refractivity contribution in [3.8, 4) is 0 Å². The highest BCUT2D eigenvalue weighted by Gasteiger charge is 2.41. The Bertz CT molecular complexity index is 474. The Kier molecular flexibility index (Phi) is 13.4. The van der Waals surface area contributed by atoms with Gasteiger partial charge in [-0.2, -0.15) is 0 Å². The predicted octanol–water partition coefficient (Wildman–Crippen LogP) is 3.43. The Balaban J connectivity index is 5.04. The number of rotatable bonds is 11. The average molecular weight is 434 g/mol. The summed E-state index contributed by atoms with van der Waals surface area (Å²) >= 11 is 5.27. The van der Waals surface area contributed by atoms with Crippen LogP contribution in [0, 0.1) is 0 Å². The smallest absolute Gasteiger partial charge is 0.437 e. The van der Waals surface area contributed by atoms with Crippen molar-refractivity contribution in [2.75, 3.05) is 25.3 Å². The minimum Gasteiger partial charge on any atom is -0.596 e. The zero-order valence-electron chi connectivity index (χ0n) is 15.5. The third kappa shape index (κ3) is 9.05. The van der Waals surface area contributed by atoms with E-state index in [1.807, 2.05) is 20.1 Å². The van der Waals surface area contributed by atoms with Crippen LogP contribution in [0.2, 0.25) is 0 Å². The Morgan fingerprint density at radius 2 is 1.96 bits per heavy atom. The van der Waals surface area contributed by atoms with Crippen molar-refractivity contribution >= 4 is 52.7 Å². The molecule has 0 heterocycles. The maximum atomic E-state index is 12.8. The molecule has 0 bridgehead atoms. The second-order valence-corrected chi connectivity index (χ2v) is 10.6. The number of nitrogens with zero attached hydrogens (tertiary/aromatic N) is 2. The Morgan fingerprint density at radius 3 is 2.40 bits per heavy atom. The van der Waals surface area contributed by atoms with Crippen molar-refractivity contribution in [3.63, 3.8) is 0 Å². The molecule has 0 aliphatic carbocycles. The molecule has 148 valence electrons. The minimum atomic E-state index is -2.91. The van der Waals surface area contributed by atoms with Crippen LogP contribution in [-0.2, 0) is 37.1 Å². The van der Waals surface area contributed by atoms with E-state index in [9.17, 15) is 9.35 Å². The lowest BCUT2D eigenvalue weighted by Crippen LogP contribution is -2.42. The molecule has 1 amide bonds. The van der Waals surface area contributed by atoms with E-state index in [0.717, 1.165) is 0 Å². The quantitative estimate of drug-likeness (QED) is 0.132. The van der Waals surface area contributed by atoms with Crippen molar-refractivity contribution in [1.29, 1.82) is 0 Å². The molecule has 25 heavy (non-hydrogen) atoms. The molecule has 0 rings (SSSR count). The highest BCUT2D eigenvalue weighted by atomic mass is 32.5. The molecular formula is C13H28N3O5PS3. The number of hydrogen-bond acceptors (Lipinski definition) is 8. The highest BCUT2D eigenvalue weighted by Crippen LogP contribution is 2.55. The first kappa shape index (κ1) is 25.1. The third-order valence-electron chi connectivity index (χ3n) is 2.89. The van der Waals surface area contributed by atoms with Gasteiger partial charge in [0.2, 0.25) is 5.88 Å². The Labute approximate surface area is 162 Å². The van der Waals surface area contributed by atoms with E-state index in [1.165, 1.54) is 11.8 Å². The molecule has 0 saturated heterocycles. The molecular weight excluding hydrogens is 405 g/mol. The minimum absolute atomic E-state index is 0.139. The summed E-state index contributed by atoms with van der Waals surface area (Å²) in [5, 5.41) is 6.63. The molecule has 0 radical (unpaired) electrons. The van der Waals surface area contributed by atoms with Gasteiger partial charge in [-0.1, -0.05) is 12.1 Å². The van der Waals surface area contributed by atoms with Gasteiger partial charge in [0.05, 0.1) is 30.6 Å². The lowest BCUT2D eigenvalue weighted by atomic mass is 10.3. The summed E-state index contributed by atoms with van der Waals surface area (Å²) in [6, 6.07) is -0.139. The zero-order valence-corrected chi connectivity index (χ0v) is 18.9. The molecule has 0 aromatic heterocycles. The number of carbonyl (C=O) groups excluding carboxylic acids is 1. The van der Waals surface area contributed by atoms with Gasteiger partial charge >= 0.3 is 12.7 Å². The van der Waals surface area contributed by atoms with Gasteiger partial charge in [-0.25, -0.2) is 4.79 Å². The van der Waals surface area contributed by atoms with Crippen LogP contribution in [0.25, 0.3) is 0 Å². The van der Waals surface area contributed by atoms with Gasteiger partial charge in [0.15, 0.2) is 0 Å². The monoisotopic (exact) mass is 433 g/mol. The maximum Gasteiger partial charge on any atom is 0.437 e. The van der Waals surface area contributed by atoms with Crippen molar-refractivity contribution < 1.29 is 23.2 Å². The highest BCUT2D eigenvalue weighted by molar-refractivity contribution is 8.13. The third-order valence-corrected chi connectivity index (χ3v) is 9.44. The molecule has 8 nitrogen and oxygen atoms in total. The second kappa shape index (κ2) is 13.3. The molecule has 0 spiro atoms. The molecule has 0 saturated carbocycles. The molecule has 0 aromatic carbocycles. The molecule has 2 unspecified atom stereocenters. The number of amides is 1. The van der Waals surface area contributed by atoms with Crippen LogP contribution in [0.15, 0.2) is 5.16 Å². The van der Waals surface area contributed by atoms with Gasteiger partial charge in [-0.3, -0.25) is 10.2 Å². The largest absolute Gasteiger partial charge is 0.596 e. The number of carbonyl (C=O) groups is 1. The summed E-state index contributed by atoms with van der Waals surface area (Å²) in [5.41, 5.74) is 0. The Hall–Kier alpha value is 0.130. The standard InChI is InChI=1S/C13H28N3O5PS3/c1-7-11(4)16(22(23,19-8-2)20-9-3)25(18)10-14-13(17)21-15-12(5)24-6/h11H,7-10H2,1-6H3,(H,14,17)/b15-12+. The van der Waals surface area contributed by atoms with E-state index >= 15 is 0 Å². The zero-order chi connectivity index (χ0) is 19.5. The van der Waals surface area contributed by atoms with E-state index in [1.54, 1.807) is 24.8 Å². The maximum absolute atomic E-state index is 12.8. The molecule has 0 aromatic rings. The first-order chi connectivity index (χ1) is 11.7. The molecule has 2 atom stereocenters. The van der Waals surface area contributed by atoms with E-state index in [2.05, 4.69) is 15.3 Å². The molecule has 0 fully saturated rings. The van der Waals surface area contributed by atoms with Crippen LogP contribution in [0.4, 0.5) is 4.79 Å². The van der Waals surface area contributed by atoms with E-state index in [4.69, 9.17) is 20.9 Å². The van der Waals surface area contributed by atoms with Crippen LogP contribution in [0.5, 0.6) is 0 Å². The van der Waals surface area contributed by atoms with E-state index in [-0.39, 0.29) is 11.9 Å². The fraction of sp³-hybridized carbons (Fsp3) is 0.846. The number of nitrogens with one attached hydrogen (secondary N) is 1. The summed E-state index contributed by atoms with van der Waals surface area (Å²) in [6.07, 6.45) is 1.73. The van der Waals surface area contributed by atoms with Crippen LogP contribution in [0.1, 0.15) is 41.0 Å². The summed E-state index contributed by atoms with van der Waals surface area (Å²) < 4.78 is 25.6. The molecule has 0 aliphatic rings. The molecule has 12 heteroatoms. The van der Waals surface area contributed by atoms with Gasteiger partial charge < -0.3 is 13.6 Å². The number of thioether (sulfide) groups is 1. The van der Waals surface area contributed by atoms with E-state index in [0.29, 0.717) is 24.7 Å². The number of oxime groups is 1. The van der Waals surface area contributed by atoms with E-state index < -0.39 is 24.1 Å². The Morgan fingerprint density at radius 1 is 1.40 bits per heavy atom. The average Bonchev–Trinajstić information content (AvgIpc) is 2.57. The van der Waals surface area contributed by atoms with Gasteiger partial charge in [-0.05, 0) is 56.3 Å². The first-order valence-electron chi connectivity index (χ1n) is 7.86. The number of hydrogen-bond donors (Lipinski definition) is 1. The first-order valence-corrected chi connectivity index (χ1v) is 12.9. The molecule has 0 aliphatic heterocycles. The lowest BCUT2D eigenvalue weighted by molar-refractivity contribution is 0.152. The van der Waals surface area contributed by atoms with Crippen LogP contribution < -0.4 is 5.32 Å². The van der Waals surface area contributed by atoms with Crippen LogP contribution in [0.3, 0.4) is 0 Å². The normalized spacial score (nSPS) is 15.1. The summed E-state index contributed by atoms with van der Waals surface area (Å²) in [4.78, 5) is 16.3. The fourth-order valence-electron chi connectivity index (χ4n) is 1.55. The topological polar surface area (TPSA) is 95.5 Å². The van der Waals surface area contributed by atoms with Gasteiger partial charge in [0.1, 0.15) is 5.04 Å². The van der Waals surface area contributed by atoms with Gasteiger partial charge in [0, 0.05) is 0 Å². The van der Waals surface area contributed by atoms with Crippen LogP contribution in [-0.4, -0.2) is 51.2 Å². The lowest BCUT2D eigenvalue weighted by Gasteiger charge is -2.35. The SMILES string of the molecule is CCOP(=S)(OCC)N(C(C)CC)[S+]([O-])CNC(=O)O/N=C(\C)SC. The fourth-order valence-corrected chi connectivity index (χ4v) is 7.32. The van der Waals surface area contributed by atoms with Gasteiger partial charge in [0.25, 0.3) is 0 Å². The molecule has 1 N–H and O–H groups in total. The van der Waals surface area contributed by atoms with Crippen molar-refractivity contribution in [2.24, 2.45) is 5.16 Å². The van der Waals surface area contributed by atoms with Crippen LogP contribution >= 0.6 is 18.4 Å². The van der Waals surface area contributed by atoms with Gasteiger partial charge in [-0.15, -0.1) is 11.8 Å². The van der Waals surface area contributed by atoms with Crippen molar-refractivity contribution in [3.05, 3.63) is 0 Å². The predicted molar refractivity (Wildman–Crippen MR) is 108 cm³/mol.